The van der Waals surface area contributed by atoms with Crippen LogP contribution in [0.1, 0.15) is 51.9 Å². The molecule has 76 valence electrons. The number of aliphatic hydroxyl groups is 1. The standard InChI is InChI=1S/C12H22O/c1-9-5-7-10(8-6-9)11-3-2-4-12(11)13/h9-13H,2-8H2,1H3. The average molecular weight is 182 g/mol. The molecule has 0 saturated heterocycles. The monoisotopic (exact) mass is 182 g/mol. The molecule has 0 aliphatic heterocycles. The first kappa shape index (κ1) is 9.51. The van der Waals surface area contributed by atoms with Gasteiger partial charge in [-0.2, -0.15) is 0 Å². The molecule has 2 fully saturated rings. The third-order valence-electron chi connectivity index (χ3n) is 4.20. The van der Waals surface area contributed by atoms with E-state index in [4.69, 9.17) is 0 Å². The SMILES string of the molecule is CC1CCC(C2CCCC2O)CC1. The lowest BCUT2D eigenvalue weighted by Crippen LogP contribution is -2.26. The van der Waals surface area contributed by atoms with Gasteiger partial charge in [0.15, 0.2) is 0 Å². The summed E-state index contributed by atoms with van der Waals surface area (Å²) in [6, 6.07) is 0. The maximum Gasteiger partial charge on any atom is 0.0571 e. The highest BCUT2D eigenvalue weighted by molar-refractivity contribution is 4.84. The van der Waals surface area contributed by atoms with Gasteiger partial charge in [-0.1, -0.05) is 26.2 Å². The summed E-state index contributed by atoms with van der Waals surface area (Å²) in [5.41, 5.74) is 0. The molecule has 1 N–H and O–H groups in total. The minimum absolute atomic E-state index is 0.0402. The summed E-state index contributed by atoms with van der Waals surface area (Å²) in [5.74, 6) is 2.45. The fourth-order valence-electron chi connectivity index (χ4n) is 3.23. The van der Waals surface area contributed by atoms with Crippen LogP contribution in [0, 0.1) is 17.8 Å². The average Bonchev–Trinajstić information content (AvgIpc) is 2.53. The van der Waals surface area contributed by atoms with Gasteiger partial charge in [0.25, 0.3) is 0 Å². The molecule has 0 bridgehead atoms. The van der Waals surface area contributed by atoms with Gasteiger partial charge in [-0.15, -0.1) is 0 Å². The van der Waals surface area contributed by atoms with Crippen molar-refractivity contribution in [1.29, 1.82) is 0 Å². The van der Waals surface area contributed by atoms with Crippen LogP contribution in [0.15, 0.2) is 0 Å². The van der Waals surface area contributed by atoms with Gasteiger partial charge in [0.05, 0.1) is 6.10 Å². The van der Waals surface area contributed by atoms with Crippen LogP contribution in [-0.2, 0) is 0 Å². The molecule has 0 aromatic heterocycles. The molecule has 2 atom stereocenters. The Balaban J connectivity index is 1.86. The van der Waals surface area contributed by atoms with Crippen molar-refractivity contribution in [2.45, 2.75) is 58.0 Å². The van der Waals surface area contributed by atoms with Crippen molar-refractivity contribution >= 4 is 0 Å². The molecule has 2 saturated carbocycles. The molecule has 2 aliphatic carbocycles. The summed E-state index contributed by atoms with van der Waals surface area (Å²) in [4.78, 5) is 0. The predicted octanol–water partition coefficient (Wildman–Crippen LogP) is 2.97. The van der Waals surface area contributed by atoms with Gasteiger partial charge in [0, 0.05) is 0 Å². The smallest absolute Gasteiger partial charge is 0.0571 e. The summed E-state index contributed by atoms with van der Waals surface area (Å²) in [7, 11) is 0. The minimum Gasteiger partial charge on any atom is -0.393 e. The van der Waals surface area contributed by atoms with E-state index in [1.165, 1.54) is 38.5 Å². The maximum absolute atomic E-state index is 9.81. The van der Waals surface area contributed by atoms with Crippen LogP contribution in [0.25, 0.3) is 0 Å². The van der Waals surface area contributed by atoms with E-state index in [2.05, 4.69) is 6.92 Å². The largest absolute Gasteiger partial charge is 0.393 e. The molecular weight excluding hydrogens is 160 g/mol. The Bertz CT molecular complexity index is 159. The van der Waals surface area contributed by atoms with Gasteiger partial charge in [-0.05, 0) is 43.4 Å². The summed E-state index contributed by atoms with van der Waals surface area (Å²) in [5, 5.41) is 9.81. The third-order valence-corrected chi connectivity index (χ3v) is 4.20. The first-order chi connectivity index (χ1) is 6.27. The lowest BCUT2D eigenvalue weighted by molar-refractivity contribution is 0.0768. The summed E-state index contributed by atoms with van der Waals surface area (Å²) in [6.45, 7) is 2.36. The molecule has 1 heteroatoms. The molecular formula is C12H22O. The summed E-state index contributed by atoms with van der Waals surface area (Å²) >= 11 is 0. The number of rotatable bonds is 1. The molecule has 13 heavy (non-hydrogen) atoms. The zero-order valence-corrected chi connectivity index (χ0v) is 8.71. The van der Waals surface area contributed by atoms with Gasteiger partial charge in [-0.3, -0.25) is 0 Å². The van der Waals surface area contributed by atoms with Crippen LogP contribution in [0.4, 0.5) is 0 Å². The van der Waals surface area contributed by atoms with Crippen molar-refractivity contribution in [2.75, 3.05) is 0 Å². The van der Waals surface area contributed by atoms with Crippen LogP contribution in [0.2, 0.25) is 0 Å². The van der Waals surface area contributed by atoms with Gasteiger partial charge < -0.3 is 5.11 Å². The first-order valence-corrected chi connectivity index (χ1v) is 5.95. The highest BCUT2D eigenvalue weighted by Crippen LogP contribution is 2.40. The zero-order valence-electron chi connectivity index (χ0n) is 8.71. The molecule has 0 aromatic rings. The zero-order chi connectivity index (χ0) is 9.26. The van der Waals surface area contributed by atoms with Crippen molar-refractivity contribution in [3.63, 3.8) is 0 Å². The van der Waals surface area contributed by atoms with Gasteiger partial charge in [0.2, 0.25) is 0 Å². The quantitative estimate of drug-likeness (QED) is 0.661. The molecule has 2 rings (SSSR count). The number of hydrogen-bond donors (Lipinski definition) is 1. The molecule has 0 radical (unpaired) electrons. The van der Waals surface area contributed by atoms with E-state index in [-0.39, 0.29) is 6.10 Å². The first-order valence-electron chi connectivity index (χ1n) is 5.95. The second kappa shape index (κ2) is 4.00. The second-order valence-corrected chi connectivity index (χ2v) is 5.18. The fraction of sp³-hybridized carbons (Fsp3) is 1.00. The molecule has 0 spiro atoms. The van der Waals surface area contributed by atoms with Crippen molar-refractivity contribution < 1.29 is 5.11 Å². The van der Waals surface area contributed by atoms with E-state index in [0.717, 1.165) is 18.3 Å². The fourth-order valence-corrected chi connectivity index (χ4v) is 3.23. The van der Waals surface area contributed by atoms with Crippen LogP contribution >= 0.6 is 0 Å². The molecule has 0 amide bonds. The van der Waals surface area contributed by atoms with E-state index in [0.29, 0.717) is 5.92 Å². The van der Waals surface area contributed by atoms with Gasteiger partial charge in [-0.25, -0.2) is 0 Å². The molecule has 0 aromatic carbocycles. The highest BCUT2D eigenvalue weighted by atomic mass is 16.3. The summed E-state index contributed by atoms with van der Waals surface area (Å²) < 4.78 is 0. The normalized spacial score (nSPS) is 46.6. The van der Waals surface area contributed by atoms with Crippen LogP contribution < -0.4 is 0 Å². The molecule has 2 aliphatic rings. The predicted molar refractivity (Wildman–Crippen MR) is 54.5 cm³/mol. The van der Waals surface area contributed by atoms with Crippen LogP contribution in [0.3, 0.4) is 0 Å². The van der Waals surface area contributed by atoms with E-state index in [9.17, 15) is 5.11 Å². The Hall–Kier alpha value is -0.0400. The van der Waals surface area contributed by atoms with E-state index < -0.39 is 0 Å². The minimum atomic E-state index is 0.0402. The van der Waals surface area contributed by atoms with Crippen molar-refractivity contribution in [2.24, 2.45) is 17.8 Å². The molecule has 0 heterocycles. The Labute approximate surface area is 81.5 Å². The third kappa shape index (κ3) is 2.07. The summed E-state index contributed by atoms with van der Waals surface area (Å²) in [6.07, 6.45) is 9.21. The Morgan fingerprint density at radius 1 is 0.923 bits per heavy atom. The van der Waals surface area contributed by atoms with Gasteiger partial charge >= 0.3 is 0 Å². The number of aliphatic hydroxyl groups excluding tert-OH is 1. The van der Waals surface area contributed by atoms with E-state index >= 15 is 0 Å². The van der Waals surface area contributed by atoms with E-state index in [1.807, 2.05) is 0 Å². The van der Waals surface area contributed by atoms with E-state index in [1.54, 1.807) is 0 Å². The topological polar surface area (TPSA) is 20.2 Å². The Morgan fingerprint density at radius 2 is 1.62 bits per heavy atom. The van der Waals surface area contributed by atoms with Crippen LogP contribution in [0.5, 0.6) is 0 Å². The van der Waals surface area contributed by atoms with Crippen LogP contribution in [-0.4, -0.2) is 11.2 Å². The lowest BCUT2D eigenvalue weighted by atomic mass is 9.75. The van der Waals surface area contributed by atoms with Crippen molar-refractivity contribution in [1.82, 2.24) is 0 Å². The maximum atomic E-state index is 9.81. The van der Waals surface area contributed by atoms with Gasteiger partial charge in [0.1, 0.15) is 0 Å². The second-order valence-electron chi connectivity index (χ2n) is 5.18. The molecule has 1 nitrogen and oxygen atoms in total. The highest BCUT2D eigenvalue weighted by Gasteiger charge is 2.33. The van der Waals surface area contributed by atoms with Crippen molar-refractivity contribution in [3.05, 3.63) is 0 Å². The molecule has 2 unspecified atom stereocenters. The Kier molecular flexibility index (Phi) is 2.92. The van der Waals surface area contributed by atoms with Crippen molar-refractivity contribution in [3.8, 4) is 0 Å². The Morgan fingerprint density at radius 3 is 2.15 bits per heavy atom. The number of hydrogen-bond acceptors (Lipinski definition) is 1. The lowest BCUT2D eigenvalue weighted by Gasteiger charge is -2.32.